The summed E-state index contributed by atoms with van der Waals surface area (Å²) in [6, 6.07) is 17.1. The Morgan fingerprint density at radius 1 is 0.885 bits per heavy atom. The van der Waals surface area contributed by atoms with Crippen molar-refractivity contribution in [2.75, 3.05) is 19.0 Å². The van der Waals surface area contributed by atoms with E-state index in [1.54, 1.807) is 12.1 Å². The van der Waals surface area contributed by atoms with Crippen LogP contribution in [0, 0.1) is 13.8 Å². The smallest absolute Gasteiger partial charge is 0.241 e. The van der Waals surface area contributed by atoms with Gasteiger partial charge in [0, 0.05) is 37.1 Å². The number of fused-ring (bicyclic) bond motifs is 1. The van der Waals surface area contributed by atoms with Crippen LogP contribution in [0.4, 0.5) is 5.69 Å². The normalized spacial score (nSPS) is 11.7. The molecule has 0 radical (unpaired) electrons. The van der Waals surface area contributed by atoms with Gasteiger partial charge in [0.1, 0.15) is 0 Å². The van der Waals surface area contributed by atoms with Crippen LogP contribution in [-0.4, -0.2) is 22.5 Å². The molecule has 0 unspecified atom stereocenters. The van der Waals surface area contributed by atoms with Crippen LogP contribution >= 0.6 is 0 Å². The summed E-state index contributed by atoms with van der Waals surface area (Å²) < 4.78 is 28.7. The molecule has 0 amide bonds. The second kappa shape index (κ2) is 7.09. The molecular weight excluding hydrogens is 344 g/mol. The number of nitrogens with zero attached hydrogens (tertiary/aromatic N) is 1. The number of hydrogen-bond donors (Lipinski definition) is 1. The van der Waals surface area contributed by atoms with E-state index >= 15 is 0 Å². The lowest BCUT2D eigenvalue weighted by Gasteiger charge is -2.17. The topological polar surface area (TPSA) is 49.4 Å². The Morgan fingerprint density at radius 3 is 2.27 bits per heavy atom. The van der Waals surface area contributed by atoms with Crippen molar-refractivity contribution in [3.05, 3.63) is 71.3 Å². The first kappa shape index (κ1) is 18.4. The van der Waals surface area contributed by atoms with E-state index in [9.17, 15) is 8.42 Å². The molecule has 26 heavy (non-hydrogen) atoms. The largest absolute Gasteiger partial charge is 0.377 e. The molecule has 0 spiro atoms. The van der Waals surface area contributed by atoms with Gasteiger partial charge in [-0.3, -0.25) is 0 Å². The van der Waals surface area contributed by atoms with Gasteiger partial charge in [0.15, 0.2) is 0 Å². The summed E-state index contributed by atoms with van der Waals surface area (Å²) in [6.45, 7) is 4.32. The van der Waals surface area contributed by atoms with Crippen LogP contribution in [0.3, 0.4) is 0 Å². The molecule has 3 aromatic rings. The Kier molecular flexibility index (Phi) is 5.03. The molecule has 0 aliphatic heterocycles. The Bertz CT molecular complexity index is 1060. The summed E-state index contributed by atoms with van der Waals surface area (Å²) in [5.74, 6) is 0. The molecule has 5 heteroatoms. The van der Waals surface area contributed by atoms with Gasteiger partial charge in [-0.1, -0.05) is 42.5 Å². The van der Waals surface area contributed by atoms with Gasteiger partial charge < -0.3 is 4.90 Å². The fourth-order valence-electron chi connectivity index (χ4n) is 3.14. The van der Waals surface area contributed by atoms with Crippen LogP contribution in [0.15, 0.2) is 59.5 Å². The predicted octanol–water partition coefficient (Wildman–Crippen LogP) is 4.00. The van der Waals surface area contributed by atoms with Crippen molar-refractivity contribution in [1.82, 2.24) is 4.72 Å². The lowest BCUT2D eigenvalue weighted by Crippen LogP contribution is -2.24. The zero-order chi connectivity index (χ0) is 18.9. The first-order valence-corrected chi connectivity index (χ1v) is 10.0. The molecule has 0 bridgehead atoms. The number of rotatable bonds is 5. The number of anilines is 1. The maximum absolute atomic E-state index is 13.0. The van der Waals surface area contributed by atoms with Crippen LogP contribution in [0.5, 0.6) is 0 Å². The monoisotopic (exact) mass is 368 g/mol. The van der Waals surface area contributed by atoms with Gasteiger partial charge in [-0.25, -0.2) is 13.1 Å². The van der Waals surface area contributed by atoms with Crippen molar-refractivity contribution in [2.24, 2.45) is 0 Å². The van der Waals surface area contributed by atoms with Crippen molar-refractivity contribution in [3.63, 3.8) is 0 Å². The van der Waals surface area contributed by atoms with Gasteiger partial charge >= 0.3 is 0 Å². The summed E-state index contributed by atoms with van der Waals surface area (Å²) in [5, 5.41) is 1.65. The Hall–Kier alpha value is -2.37. The zero-order valence-corrected chi connectivity index (χ0v) is 16.4. The summed E-state index contributed by atoms with van der Waals surface area (Å²) >= 11 is 0. The number of hydrogen-bond acceptors (Lipinski definition) is 3. The van der Waals surface area contributed by atoms with Gasteiger partial charge in [-0.15, -0.1) is 0 Å². The minimum atomic E-state index is -3.63. The molecule has 3 rings (SSSR count). The molecular formula is C21H24N2O2S. The summed E-state index contributed by atoms with van der Waals surface area (Å²) in [4.78, 5) is 2.30. The molecule has 1 N–H and O–H groups in total. The first-order valence-electron chi connectivity index (χ1n) is 8.55. The molecule has 136 valence electrons. The highest BCUT2D eigenvalue weighted by Gasteiger charge is 2.18. The second-order valence-corrected chi connectivity index (χ2v) is 8.44. The van der Waals surface area contributed by atoms with Crippen LogP contribution in [-0.2, 0) is 16.6 Å². The third-order valence-corrected chi connectivity index (χ3v) is 6.26. The molecule has 0 saturated carbocycles. The van der Waals surface area contributed by atoms with Gasteiger partial charge in [-0.2, -0.15) is 0 Å². The minimum absolute atomic E-state index is 0.277. The number of nitrogens with one attached hydrogen (secondary N) is 1. The summed E-state index contributed by atoms with van der Waals surface area (Å²) in [6.07, 6.45) is 0. The van der Waals surface area contributed by atoms with Gasteiger partial charge in [-0.05, 0) is 42.7 Å². The molecule has 0 aliphatic carbocycles. The molecule has 3 aromatic carbocycles. The Balaban J connectivity index is 2.00. The zero-order valence-electron chi connectivity index (χ0n) is 15.6. The van der Waals surface area contributed by atoms with Crippen LogP contribution in [0.1, 0.15) is 16.7 Å². The summed E-state index contributed by atoms with van der Waals surface area (Å²) in [7, 11) is 0.281. The fraction of sp³-hybridized carbons (Fsp3) is 0.238. The average molecular weight is 369 g/mol. The highest BCUT2D eigenvalue weighted by Crippen LogP contribution is 2.30. The van der Waals surface area contributed by atoms with Crippen LogP contribution < -0.4 is 9.62 Å². The van der Waals surface area contributed by atoms with Crippen molar-refractivity contribution in [1.29, 1.82) is 0 Å². The predicted molar refractivity (Wildman–Crippen MR) is 108 cm³/mol. The molecule has 0 aromatic heterocycles. The van der Waals surface area contributed by atoms with E-state index < -0.39 is 10.0 Å². The SMILES string of the molecule is Cc1cccc(CNS(=O)(=O)c2cccc3c(N(C)C)cccc23)c1C. The van der Waals surface area contributed by atoms with Crippen molar-refractivity contribution in [3.8, 4) is 0 Å². The molecule has 0 heterocycles. The van der Waals surface area contributed by atoms with E-state index in [0.29, 0.717) is 4.90 Å². The van der Waals surface area contributed by atoms with Gasteiger partial charge in [0.05, 0.1) is 4.90 Å². The van der Waals surface area contributed by atoms with Crippen molar-refractivity contribution in [2.45, 2.75) is 25.3 Å². The maximum atomic E-state index is 13.0. The van der Waals surface area contributed by atoms with Crippen molar-refractivity contribution >= 4 is 26.5 Å². The van der Waals surface area contributed by atoms with E-state index in [2.05, 4.69) is 4.72 Å². The van der Waals surface area contributed by atoms with E-state index in [1.807, 2.05) is 75.3 Å². The first-order chi connectivity index (χ1) is 12.3. The third kappa shape index (κ3) is 3.45. The maximum Gasteiger partial charge on any atom is 0.241 e. The number of aryl methyl sites for hydroxylation is 1. The van der Waals surface area contributed by atoms with E-state index in [4.69, 9.17) is 0 Å². The quantitative estimate of drug-likeness (QED) is 0.740. The minimum Gasteiger partial charge on any atom is -0.377 e. The second-order valence-electron chi connectivity index (χ2n) is 6.71. The third-order valence-electron chi connectivity index (χ3n) is 4.80. The highest BCUT2D eigenvalue weighted by molar-refractivity contribution is 7.89. The molecule has 0 atom stereocenters. The average Bonchev–Trinajstić information content (AvgIpc) is 2.61. The van der Waals surface area contributed by atoms with E-state index in [-0.39, 0.29) is 6.54 Å². The molecule has 4 nitrogen and oxygen atoms in total. The number of sulfonamides is 1. The number of benzene rings is 3. The Morgan fingerprint density at radius 2 is 1.54 bits per heavy atom. The fourth-order valence-corrected chi connectivity index (χ4v) is 4.37. The highest BCUT2D eigenvalue weighted by atomic mass is 32.2. The molecule has 0 fully saturated rings. The summed E-state index contributed by atoms with van der Waals surface area (Å²) in [5.41, 5.74) is 4.25. The van der Waals surface area contributed by atoms with E-state index in [1.165, 1.54) is 0 Å². The molecule has 0 saturated heterocycles. The Labute approximate surface area is 155 Å². The van der Waals surface area contributed by atoms with Crippen LogP contribution in [0.25, 0.3) is 10.8 Å². The van der Waals surface area contributed by atoms with Crippen molar-refractivity contribution < 1.29 is 8.42 Å². The van der Waals surface area contributed by atoms with Crippen LogP contribution in [0.2, 0.25) is 0 Å². The van der Waals surface area contributed by atoms with Gasteiger partial charge in [0.25, 0.3) is 0 Å². The lowest BCUT2D eigenvalue weighted by atomic mass is 10.0. The van der Waals surface area contributed by atoms with E-state index in [0.717, 1.165) is 33.2 Å². The standard InChI is InChI=1S/C21H24N2O2S/c1-15-8-5-9-17(16(15)2)14-22-26(24,25)21-13-7-10-18-19(21)11-6-12-20(18)23(3)4/h5-13,22H,14H2,1-4H3. The van der Waals surface area contributed by atoms with Gasteiger partial charge in [0.2, 0.25) is 10.0 Å². The molecule has 0 aliphatic rings. The lowest BCUT2D eigenvalue weighted by molar-refractivity contribution is 0.582.